The van der Waals surface area contributed by atoms with E-state index in [1.54, 1.807) is 41.7 Å². The maximum absolute atomic E-state index is 13.1. The van der Waals surface area contributed by atoms with E-state index in [0.29, 0.717) is 12.1 Å². The highest BCUT2D eigenvalue weighted by Crippen LogP contribution is 2.26. The molecule has 5 nitrogen and oxygen atoms in total. The maximum Gasteiger partial charge on any atom is 0.167 e. The topological polar surface area (TPSA) is 60.7 Å². The van der Waals surface area contributed by atoms with Crippen LogP contribution >= 0.6 is 11.8 Å². The summed E-state index contributed by atoms with van der Waals surface area (Å²) in [4.78, 5) is 19.6. The summed E-state index contributed by atoms with van der Waals surface area (Å²) in [7, 11) is 0. The van der Waals surface area contributed by atoms with Crippen molar-refractivity contribution in [2.75, 3.05) is 5.75 Å². The monoisotopic (exact) mass is 330 g/mol. The van der Waals surface area contributed by atoms with Crippen LogP contribution in [0, 0.1) is 5.82 Å². The molecule has 23 heavy (non-hydrogen) atoms. The van der Waals surface area contributed by atoms with Crippen LogP contribution in [0.4, 0.5) is 4.39 Å². The third-order valence-corrected chi connectivity index (χ3v) is 4.40. The molecule has 0 saturated carbocycles. The summed E-state index contributed by atoms with van der Waals surface area (Å²) in [5, 5.41) is 6.03. The summed E-state index contributed by atoms with van der Waals surface area (Å²) in [6, 6.07) is 6.09. The molecular formula is C16H15FN4OS. The molecule has 0 N–H and O–H groups in total. The fourth-order valence-corrected chi connectivity index (χ4v) is 3.10. The molecule has 0 aliphatic rings. The highest BCUT2D eigenvalue weighted by Gasteiger charge is 2.11. The molecule has 7 heteroatoms. The number of fused-ring (bicyclic) bond motifs is 1. The van der Waals surface area contributed by atoms with E-state index < -0.39 is 0 Å². The fraction of sp³-hybridized carbons (Fsp3) is 0.250. The Kier molecular flexibility index (Phi) is 4.66. The molecule has 2 heterocycles. The van der Waals surface area contributed by atoms with Crippen molar-refractivity contribution in [3.05, 3.63) is 42.6 Å². The van der Waals surface area contributed by atoms with Gasteiger partial charge in [-0.15, -0.1) is 11.8 Å². The standard InChI is InChI=1S/C16H15FN4OS/c1-11(22)3-2-8-23-16-14-9-20-21(15(14)18-10-19-16)13-6-4-12(17)5-7-13/h4-7,9-10H,2-3,8H2,1H3. The van der Waals surface area contributed by atoms with Crippen LogP contribution in [-0.4, -0.2) is 31.3 Å². The van der Waals surface area contributed by atoms with E-state index in [2.05, 4.69) is 15.1 Å². The van der Waals surface area contributed by atoms with E-state index in [4.69, 9.17) is 0 Å². The lowest BCUT2D eigenvalue weighted by Crippen LogP contribution is -1.98. The highest BCUT2D eigenvalue weighted by atomic mass is 32.2. The second kappa shape index (κ2) is 6.87. The summed E-state index contributed by atoms with van der Waals surface area (Å²) in [5.74, 6) is 0.720. The Morgan fingerprint density at radius 1 is 1.26 bits per heavy atom. The van der Waals surface area contributed by atoms with Crippen molar-refractivity contribution in [3.8, 4) is 5.69 Å². The third-order valence-electron chi connectivity index (χ3n) is 3.31. The smallest absolute Gasteiger partial charge is 0.167 e. The number of thioether (sulfide) groups is 1. The second-order valence-electron chi connectivity index (χ2n) is 5.10. The zero-order chi connectivity index (χ0) is 16.2. The normalized spacial score (nSPS) is 11.0. The van der Waals surface area contributed by atoms with Crippen molar-refractivity contribution >= 4 is 28.6 Å². The number of Topliss-reactive ketones (excluding diaryl/α,β-unsaturated/α-hetero) is 1. The van der Waals surface area contributed by atoms with Gasteiger partial charge in [0.2, 0.25) is 0 Å². The van der Waals surface area contributed by atoms with E-state index in [1.165, 1.54) is 18.5 Å². The molecule has 3 rings (SSSR count). The van der Waals surface area contributed by atoms with Gasteiger partial charge >= 0.3 is 0 Å². The molecule has 2 aromatic heterocycles. The lowest BCUT2D eigenvalue weighted by Gasteiger charge is -2.04. The highest BCUT2D eigenvalue weighted by molar-refractivity contribution is 7.99. The number of aromatic nitrogens is 4. The predicted octanol–water partition coefficient (Wildman–Crippen LogP) is 3.42. The van der Waals surface area contributed by atoms with Gasteiger partial charge in [-0.3, -0.25) is 0 Å². The molecule has 0 aliphatic heterocycles. The number of ketones is 1. The van der Waals surface area contributed by atoms with E-state index in [0.717, 1.165) is 28.3 Å². The molecule has 0 spiro atoms. The molecule has 0 radical (unpaired) electrons. The van der Waals surface area contributed by atoms with Crippen LogP contribution in [0.2, 0.25) is 0 Å². The van der Waals surface area contributed by atoms with Gasteiger partial charge in [0.05, 0.1) is 17.3 Å². The van der Waals surface area contributed by atoms with E-state index in [-0.39, 0.29) is 11.6 Å². The van der Waals surface area contributed by atoms with Gasteiger partial charge in [0.1, 0.15) is 23.0 Å². The van der Waals surface area contributed by atoms with E-state index in [1.807, 2.05) is 0 Å². The molecule has 0 aliphatic carbocycles. The van der Waals surface area contributed by atoms with E-state index in [9.17, 15) is 9.18 Å². The predicted molar refractivity (Wildman–Crippen MR) is 87.3 cm³/mol. The van der Waals surface area contributed by atoms with Crippen LogP contribution < -0.4 is 0 Å². The number of nitrogens with zero attached hydrogens (tertiary/aromatic N) is 4. The average molecular weight is 330 g/mol. The Balaban J connectivity index is 1.85. The van der Waals surface area contributed by atoms with Crippen LogP contribution in [0.25, 0.3) is 16.7 Å². The Labute approximate surface area is 136 Å². The minimum absolute atomic E-state index is 0.197. The van der Waals surface area contributed by atoms with Gasteiger partial charge in [-0.05, 0) is 43.4 Å². The first-order valence-electron chi connectivity index (χ1n) is 7.22. The Morgan fingerprint density at radius 2 is 2.04 bits per heavy atom. The molecule has 0 saturated heterocycles. The molecule has 0 fully saturated rings. The average Bonchev–Trinajstić information content (AvgIpc) is 2.97. The first-order valence-corrected chi connectivity index (χ1v) is 8.20. The molecule has 3 aromatic rings. The zero-order valence-corrected chi connectivity index (χ0v) is 13.4. The van der Waals surface area contributed by atoms with Gasteiger partial charge < -0.3 is 4.79 Å². The summed E-state index contributed by atoms with van der Waals surface area (Å²) >= 11 is 1.59. The Morgan fingerprint density at radius 3 is 2.78 bits per heavy atom. The number of hydrogen-bond donors (Lipinski definition) is 0. The lowest BCUT2D eigenvalue weighted by molar-refractivity contribution is -0.117. The van der Waals surface area contributed by atoms with Gasteiger partial charge in [0, 0.05) is 6.42 Å². The summed E-state index contributed by atoms with van der Waals surface area (Å²) in [6.07, 6.45) is 4.61. The van der Waals surface area contributed by atoms with Gasteiger partial charge in [-0.1, -0.05) is 0 Å². The SMILES string of the molecule is CC(=O)CCCSc1ncnc2c1cnn2-c1ccc(F)cc1. The van der Waals surface area contributed by atoms with Gasteiger partial charge in [0.15, 0.2) is 5.65 Å². The molecule has 0 bridgehead atoms. The van der Waals surface area contributed by atoms with Gasteiger partial charge in [-0.2, -0.15) is 5.10 Å². The van der Waals surface area contributed by atoms with Crippen molar-refractivity contribution < 1.29 is 9.18 Å². The molecule has 1 aromatic carbocycles. The van der Waals surface area contributed by atoms with Crippen molar-refractivity contribution in [3.63, 3.8) is 0 Å². The minimum atomic E-state index is -0.290. The van der Waals surface area contributed by atoms with Crippen molar-refractivity contribution in [1.82, 2.24) is 19.7 Å². The van der Waals surface area contributed by atoms with Crippen molar-refractivity contribution in [2.45, 2.75) is 24.8 Å². The van der Waals surface area contributed by atoms with Crippen molar-refractivity contribution in [2.24, 2.45) is 0 Å². The number of benzene rings is 1. The maximum atomic E-state index is 13.1. The van der Waals surface area contributed by atoms with Crippen molar-refractivity contribution in [1.29, 1.82) is 0 Å². The Hall–Kier alpha value is -2.28. The number of carbonyl (C=O) groups is 1. The summed E-state index contributed by atoms with van der Waals surface area (Å²) in [5.41, 5.74) is 1.42. The molecular weight excluding hydrogens is 315 g/mol. The fourth-order valence-electron chi connectivity index (χ4n) is 2.20. The van der Waals surface area contributed by atoms with Crippen LogP contribution in [0.5, 0.6) is 0 Å². The first-order chi connectivity index (χ1) is 11.1. The number of carbonyl (C=O) groups excluding carboxylic acids is 1. The van der Waals surface area contributed by atoms with Crippen LogP contribution in [0.3, 0.4) is 0 Å². The summed E-state index contributed by atoms with van der Waals surface area (Å²) in [6.45, 7) is 1.60. The quantitative estimate of drug-likeness (QED) is 0.394. The van der Waals surface area contributed by atoms with E-state index >= 15 is 0 Å². The number of hydrogen-bond acceptors (Lipinski definition) is 5. The number of halogens is 1. The molecule has 118 valence electrons. The molecule has 0 atom stereocenters. The second-order valence-corrected chi connectivity index (χ2v) is 6.19. The summed E-state index contributed by atoms with van der Waals surface area (Å²) < 4.78 is 14.7. The Bertz CT molecular complexity index is 832. The largest absolute Gasteiger partial charge is 0.300 e. The van der Waals surface area contributed by atoms with Crippen LogP contribution in [0.1, 0.15) is 19.8 Å². The number of rotatable bonds is 6. The minimum Gasteiger partial charge on any atom is -0.300 e. The zero-order valence-electron chi connectivity index (χ0n) is 12.6. The molecule has 0 unspecified atom stereocenters. The van der Waals surface area contributed by atoms with Crippen LogP contribution in [0.15, 0.2) is 41.8 Å². The van der Waals surface area contributed by atoms with Gasteiger partial charge in [0.25, 0.3) is 0 Å². The van der Waals surface area contributed by atoms with Gasteiger partial charge in [-0.25, -0.2) is 19.0 Å². The lowest BCUT2D eigenvalue weighted by atomic mass is 10.3. The van der Waals surface area contributed by atoms with Crippen LogP contribution in [-0.2, 0) is 4.79 Å². The first kappa shape index (κ1) is 15.6. The third kappa shape index (κ3) is 3.56. The molecule has 0 amide bonds.